The Hall–Kier alpha value is -1.27. The van der Waals surface area contributed by atoms with Gasteiger partial charge in [-0.25, -0.2) is 4.98 Å². The molecule has 1 aliphatic heterocycles. The molecule has 0 radical (unpaired) electrons. The number of aromatic nitrogens is 1. The molecule has 0 aliphatic carbocycles. The zero-order chi connectivity index (χ0) is 15.5. The molecule has 1 aromatic carbocycles. The fourth-order valence-electron chi connectivity index (χ4n) is 2.79. The molecule has 4 nitrogen and oxygen atoms in total. The number of thiazole rings is 1. The molecule has 0 N–H and O–H groups in total. The van der Waals surface area contributed by atoms with Crippen molar-refractivity contribution < 1.29 is 9.00 Å². The Kier molecular flexibility index (Phi) is 4.88. The second-order valence-electron chi connectivity index (χ2n) is 5.68. The van der Waals surface area contributed by atoms with E-state index in [0.717, 1.165) is 23.4 Å². The van der Waals surface area contributed by atoms with Crippen molar-refractivity contribution in [2.45, 2.75) is 32.2 Å². The van der Waals surface area contributed by atoms with Gasteiger partial charge in [0.2, 0.25) is 5.91 Å². The molecule has 3 rings (SSSR count). The number of para-hydroxylation sites is 1. The van der Waals surface area contributed by atoms with Gasteiger partial charge in [0.1, 0.15) is 0 Å². The van der Waals surface area contributed by atoms with E-state index >= 15 is 0 Å². The lowest BCUT2D eigenvalue weighted by Gasteiger charge is -2.33. The predicted octanol–water partition coefficient (Wildman–Crippen LogP) is 2.60. The Labute approximate surface area is 137 Å². The fourth-order valence-corrected chi connectivity index (χ4v) is 5.09. The number of hydrogen-bond donors (Lipinski definition) is 0. The van der Waals surface area contributed by atoms with Crippen molar-refractivity contribution in [2.24, 2.45) is 0 Å². The molecule has 1 fully saturated rings. The topological polar surface area (TPSA) is 50.3 Å². The molecule has 2 unspecified atom stereocenters. The molecule has 0 bridgehead atoms. The van der Waals surface area contributed by atoms with E-state index in [1.54, 1.807) is 11.3 Å². The maximum Gasteiger partial charge on any atom is 0.222 e. The summed E-state index contributed by atoms with van der Waals surface area (Å²) in [5.41, 5.74) is 1.04. The third-order valence-corrected chi connectivity index (χ3v) is 6.55. The van der Waals surface area contributed by atoms with Crippen molar-refractivity contribution in [2.75, 3.05) is 18.1 Å². The quantitative estimate of drug-likeness (QED) is 0.862. The van der Waals surface area contributed by atoms with Gasteiger partial charge in [-0.2, -0.15) is 0 Å². The van der Waals surface area contributed by atoms with Crippen LogP contribution in [0.25, 0.3) is 10.2 Å². The number of rotatable bonds is 4. The van der Waals surface area contributed by atoms with E-state index in [2.05, 4.69) is 11.1 Å². The third-order valence-electron chi connectivity index (χ3n) is 3.96. The van der Waals surface area contributed by atoms with Crippen molar-refractivity contribution in [3.05, 3.63) is 29.3 Å². The molecule has 0 spiro atoms. The number of aryl methyl sites for hydroxylation is 1. The second kappa shape index (κ2) is 6.87. The van der Waals surface area contributed by atoms with Crippen molar-refractivity contribution >= 4 is 38.3 Å². The first-order chi connectivity index (χ1) is 10.6. The minimum atomic E-state index is -0.754. The number of amides is 1. The number of hydrogen-bond acceptors (Lipinski definition) is 4. The molecular weight excluding hydrogens is 316 g/mol. The van der Waals surface area contributed by atoms with Crippen molar-refractivity contribution in [3.63, 3.8) is 0 Å². The summed E-state index contributed by atoms with van der Waals surface area (Å²) < 4.78 is 12.7. The Balaban J connectivity index is 1.52. The summed E-state index contributed by atoms with van der Waals surface area (Å²) in [6.45, 7) is 2.62. The largest absolute Gasteiger partial charge is 0.338 e. The van der Waals surface area contributed by atoms with Crippen LogP contribution in [0.4, 0.5) is 0 Å². The average molecular weight is 336 g/mol. The molecule has 2 heterocycles. The maximum atomic E-state index is 12.3. The Bertz CT molecular complexity index is 665. The number of carbonyl (C=O) groups excluding carboxylic acids is 1. The summed E-state index contributed by atoms with van der Waals surface area (Å²) in [5, 5.41) is 1.10. The van der Waals surface area contributed by atoms with Crippen LogP contribution in [0.3, 0.4) is 0 Å². The molecule has 1 amide bonds. The summed E-state index contributed by atoms with van der Waals surface area (Å²) in [4.78, 5) is 18.8. The molecule has 6 heteroatoms. The van der Waals surface area contributed by atoms with Gasteiger partial charge >= 0.3 is 0 Å². The zero-order valence-corrected chi connectivity index (χ0v) is 14.3. The summed E-state index contributed by atoms with van der Waals surface area (Å²) >= 11 is 1.71. The fraction of sp³-hybridized carbons (Fsp3) is 0.500. The van der Waals surface area contributed by atoms with Gasteiger partial charge in [-0.1, -0.05) is 12.1 Å². The molecular formula is C16H20N2O2S2. The second-order valence-corrected chi connectivity index (χ2v) is 8.41. The van der Waals surface area contributed by atoms with Gasteiger partial charge < -0.3 is 4.90 Å². The Morgan fingerprint density at radius 1 is 1.45 bits per heavy atom. The van der Waals surface area contributed by atoms with Gasteiger partial charge in [0.15, 0.2) is 0 Å². The first-order valence-corrected chi connectivity index (χ1v) is 9.93. The predicted molar refractivity (Wildman–Crippen MR) is 91.6 cm³/mol. The molecule has 1 aliphatic rings. The van der Waals surface area contributed by atoms with E-state index in [4.69, 9.17) is 0 Å². The molecule has 2 atom stereocenters. The van der Waals surface area contributed by atoms with E-state index in [9.17, 15) is 9.00 Å². The lowest BCUT2D eigenvalue weighted by molar-refractivity contribution is -0.132. The average Bonchev–Trinajstić information content (AvgIpc) is 2.89. The van der Waals surface area contributed by atoms with E-state index in [0.29, 0.717) is 24.5 Å². The highest BCUT2D eigenvalue weighted by Crippen LogP contribution is 2.23. The minimum absolute atomic E-state index is 0.101. The normalized spacial score (nSPS) is 22.1. The molecule has 0 saturated carbocycles. The SMILES string of the molecule is CC1CS(=O)CCN1C(=O)CCCc1nc2ccccc2s1. The number of fused-ring (bicyclic) bond motifs is 1. The highest BCUT2D eigenvalue weighted by atomic mass is 32.2. The van der Waals surface area contributed by atoms with Crippen LogP contribution >= 0.6 is 11.3 Å². The monoisotopic (exact) mass is 336 g/mol. The van der Waals surface area contributed by atoms with E-state index in [1.807, 2.05) is 30.0 Å². The Morgan fingerprint density at radius 3 is 3.05 bits per heavy atom. The van der Waals surface area contributed by atoms with Crippen LogP contribution in [0.1, 0.15) is 24.8 Å². The zero-order valence-electron chi connectivity index (χ0n) is 12.7. The number of carbonyl (C=O) groups is 1. The lowest BCUT2D eigenvalue weighted by atomic mass is 10.2. The maximum absolute atomic E-state index is 12.3. The summed E-state index contributed by atoms with van der Waals surface area (Å²) in [6, 6.07) is 8.23. The summed E-state index contributed by atoms with van der Waals surface area (Å²) in [6.07, 6.45) is 2.22. The van der Waals surface area contributed by atoms with Crippen LogP contribution in [0, 0.1) is 0 Å². The van der Waals surface area contributed by atoms with Crippen LogP contribution < -0.4 is 0 Å². The van der Waals surface area contributed by atoms with Crippen LogP contribution in [0.15, 0.2) is 24.3 Å². The van der Waals surface area contributed by atoms with E-state index < -0.39 is 10.8 Å². The molecule has 118 valence electrons. The van der Waals surface area contributed by atoms with Gasteiger partial charge in [0.05, 0.1) is 15.2 Å². The van der Waals surface area contributed by atoms with Crippen LogP contribution in [0.2, 0.25) is 0 Å². The van der Waals surface area contributed by atoms with Crippen molar-refractivity contribution in [1.29, 1.82) is 0 Å². The summed E-state index contributed by atoms with van der Waals surface area (Å²) in [5.74, 6) is 1.42. The van der Waals surface area contributed by atoms with Gasteiger partial charge in [-0.3, -0.25) is 9.00 Å². The molecule has 2 aromatic rings. The van der Waals surface area contributed by atoms with Gasteiger partial charge in [0.25, 0.3) is 0 Å². The van der Waals surface area contributed by atoms with Crippen LogP contribution in [0.5, 0.6) is 0 Å². The minimum Gasteiger partial charge on any atom is -0.338 e. The highest BCUT2D eigenvalue weighted by Gasteiger charge is 2.26. The lowest BCUT2D eigenvalue weighted by Crippen LogP contribution is -2.48. The molecule has 22 heavy (non-hydrogen) atoms. The number of benzene rings is 1. The first-order valence-electron chi connectivity index (χ1n) is 7.62. The third kappa shape index (κ3) is 3.55. The smallest absolute Gasteiger partial charge is 0.222 e. The van der Waals surface area contributed by atoms with Gasteiger partial charge in [-0.05, 0) is 31.9 Å². The van der Waals surface area contributed by atoms with Crippen molar-refractivity contribution in [3.8, 4) is 0 Å². The van der Waals surface area contributed by atoms with Crippen molar-refractivity contribution in [1.82, 2.24) is 9.88 Å². The van der Waals surface area contributed by atoms with E-state index in [1.165, 1.54) is 4.70 Å². The summed E-state index contributed by atoms with van der Waals surface area (Å²) in [7, 11) is -0.754. The van der Waals surface area contributed by atoms with Gasteiger partial charge in [0, 0.05) is 41.3 Å². The highest BCUT2D eigenvalue weighted by molar-refractivity contribution is 7.85. The van der Waals surface area contributed by atoms with Gasteiger partial charge in [-0.15, -0.1) is 11.3 Å². The molecule has 1 aromatic heterocycles. The molecule has 1 saturated heterocycles. The van der Waals surface area contributed by atoms with E-state index in [-0.39, 0.29) is 11.9 Å². The Morgan fingerprint density at radius 2 is 2.27 bits per heavy atom. The number of nitrogens with zero attached hydrogens (tertiary/aromatic N) is 2. The standard InChI is InChI=1S/C16H20N2O2S2/c1-12-11-22(20)10-9-18(12)16(19)8-4-7-15-17-13-5-2-3-6-14(13)21-15/h2-3,5-6,12H,4,7-11H2,1H3. The first kappa shape index (κ1) is 15.6. The van der Waals surface area contributed by atoms with Crippen LogP contribution in [-0.2, 0) is 22.0 Å². The van der Waals surface area contributed by atoms with Crippen LogP contribution in [-0.4, -0.2) is 44.1 Å².